The third-order valence-electron chi connectivity index (χ3n) is 2.62. The quantitative estimate of drug-likeness (QED) is 0.823. The van der Waals surface area contributed by atoms with E-state index in [1.165, 1.54) is 5.56 Å². The van der Waals surface area contributed by atoms with Gasteiger partial charge in [0.1, 0.15) is 11.5 Å². The number of hydrogen-bond donors (Lipinski definition) is 1. The Kier molecular flexibility index (Phi) is 4.70. The van der Waals surface area contributed by atoms with Gasteiger partial charge in [0.15, 0.2) is 0 Å². The van der Waals surface area contributed by atoms with Crippen LogP contribution in [0, 0.1) is 0 Å². The topological polar surface area (TPSA) is 38.3 Å². The molecule has 0 saturated carbocycles. The molecule has 0 aromatic heterocycles. The van der Waals surface area contributed by atoms with Crippen LogP contribution in [0.5, 0.6) is 5.75 Å². The minimum atomic E-state index is -0.161. The summed E-state index contributed by atoms with van der Waals surface area (Å²) in [4.78, 5) is 11.1. The first-order valence-corrected chi connectivity index (χ1v) is 5.80. The highest BCUT2D eigenvalue weighted by Gasteiger charge is 2.18. The molecule has 3 nitrogen and oxygen atoms in total. The van der Waals surface area contributed by atoms with Gasteiger partial charge in [0.2, 0.25) is 0 Å². The van der Waals surface area contributed by atoms with Gasteiger partial charge in [-0.05, 0) is 38.5 Å². The fourth-order valence-electron chi connectivity index (χ4n) is 1.77. The second-order valence-electron chi connectivity index (χ2n) is 4.96. The number of nitrogens with one attached hydrogen (secondary N) is 1. The first kappa shape index (κ1) is 13.7. The van der Waals surface area contributed by atoms with Crippen molar-refractivity contribution >= 4 is 5.78 Å². The highest BCUT2D eigenvalue weighted by molar-refractivity contribution is 5.76. The van der Waals surface area contributed by atoms with E-state index in [2.05, 4.69) is 5.32 Å². The van der Waals surface area contributed by atoms with Gasteiger partial charge < -0.3 is 10.1 Å². The molecule has 1 aromatic rings. The lowest BCUT2D eigenvalue weighted by Crippen LogP contribution is -2.40. The van der Waals surface area contributed by atoms with E-state index in [1.54, 1.807) is 14.0 Å². The summed E-state index contributed by atoms with van der Waals surface area (Å²) >= 11 is 0. The fraction of sp³-hybridized carbons (Fsp3) is 0.500. The van der Waals surface area contributed by atoms with E-state index < -0.39 is 0 Å². The zero-order chi connectivity index (χ0) is 12.9. The molecule has 0 aliphatic rings. The monoisotopic (exact) mass is 235 g/mol. The predicted molar refractivity (Wildman–Crippen MR) is 69.2 cm³/mol. The first-order chi connectivity index (χ1) is 7.93. The van der Waals surface area contributed by atoms with E-state index >= 15 is 0 Å². The van der Waals surface area contributed by atoms with Crippen molar-refractivity contribution in [3.8, 4) is 5.75 Å². The van der Waals surface area contributed by atoms with Gasteiger partial charge in [0.05, 0.1) is 7.11 Å². The Labute approximate surface area is 103 Å². The maximum absolute atomic E-state index is 11.1. The van der Waals surface area contributed by atoms with Crippen LogP contribution in [0.3, 0.4) is 0 Å². The van der Waals surface area contributed by atoms with Crippen molar-refractivity contribution in [2.24, 2.45) is 0 Å². The number of ketones is 1. The van der Waals surface area contributed by atoms with Gasteiger partial charge in [-0.1, -0.05) is 12.1 Å². The average Bonchev–Trinajstić information content (AvgIpc) is 2.25. The predicted octanol–water partition coefficient (Wildman–Crippen LogP) is 2.54. The van der Waals surface area contributed by atoms with Crippen LogP contribution in [0.1, 0.15) is 32.8 Å². The molecule has 0 saturated heterocycles. The van der Waals surface area contributed by atoms with Crippen molar-refractivity contribution in [1.82, 2.24) is 5.32 Å². The molecule has 0 amide bonds. The standard InChI is InChI=1S/C14H21NO2/c1-11(16)9-14(2,3)15-10-12-5-7-13(17-4)8-6-12/h5-8,15H,9-10H2,1-4H3. The number of hydrogen-bond acceptors (Lipinski definition) is 3. The van der Waals surface area contributed by atoms with Gasteiger partial charge in [-0.3, -0.25) is 4.79 Å². The second kappa shape index (κ2) is 5.82. The first-order valence-electron chi connectivity index (χ1n) is 5.80. The average molecular weight is 235 g/mol. The summed E-state index contributed by atoms with van der Waals surface area (Å²) in [5.41, 5.74) is 1.02. The van der Waals surface area contributed by atoms with Crippen LogP contribution in [0.2, 0.25) is 0 Å². The Hall–Kier alpha value is -1.35. The van der Waals surface area contributed by atoms with Gasteiger partial charge in [0.25, 0.3) is 0 Å². The summed E-state index contributed by atoms with van der Waals surface area (Å²) in [6, 6.07) is 7.93. The van der Waals surface area contributed by atoms with E-state index in [0.29, 0.717) is 6.42 Å². The number of carbonyl (C=O) groups is 1. The molecule has 0 bridgehead atoms. The van der Waals surface area contributed by atoms with E-state index in [9.17, 15) is 4.79 Å². The number of carbonyl (C=O) groups excluding carboxylic acids is 1. The van der Waals surface area contributed by atoms with E-state index in [1.807, 2.05) is 38.1 Å². The Bertz CT molecular complexity index is 368. The molecule has 0 atom stereocenters. The third kappa shape index (κ3) is 5.00. The normalized spacial score (nSPS) is 11.3. The highest BCUT2D eigenvalue weighted by Crippen LogP contribution is 2.13. The van der Waals surface area contributed by atoms with E-state index in [4.69, 9.17) is 4.74 Å². The van der Waals surface area contributed by atoms with Gasteiger partial charge >= 0.3 is 0 Å². The zero-order valence-corrected chi connectivity index (χ0v) is 11.0. The molecule has 0 radical (unpaired) electrons. The van der Waals surface area contributed by atoms with E-state index in [-0.39, 0.29) is 11.3 Å². The van der Waals surface area contributed by atoms with Crippen molar-refractivity contribution in [3.05, 3.63) is 29.8 Å². The molecule has 1 rings (SSSR count). The molecule has 0 heterocycles. The van der Waals surface area contributed by atoms with Crippen LogP contribution in [0.25, 0.3) is 0 Å². The molecule has 1 aromatic carbocycles. The maximum Gasteiger partial charge on any atom is 0.131 e. The molecule has 0 aliphatic heterocycles. The van der Waals surface area contributed by atoms with Gasteiger partial charge in [-0.2, -0.15) is 0 Å². The molecule has 0 fully saturated rings. The minimum Gasteiger partial charge on any atom is -0.497 e. The number of benzene rings is 1. The number of rotatable bonds is 6. The Morgan fingerprint density at radius 3 is 2.35 bits per heavy atom. The summed E-state index contributed by atoms with van der Waals surface area (Å²) in [5, 5.41) is 3.38. The van der Waals surface area contributed by atoms with Crippen molar-refractivity contribution in [2.75, 3.05) is 7.11 Å². The summed E-state index contributed by atoms with van der Waals surface area (Å²) in [6.45, 7) is 6.46. The third-order valence-corrected chi connectivity index (χ3v) is 2.62. The molecule has 0 spiro atoms. The van der Waals surface area contributed by atoms with Crippen molar-refractivity contribution in [1.29, 1.82) is 0 Å². The highest BCUT2D eigenvalue weighted by atomic mass is 16.5. The summed E-state index contributed by atoms with van der Waals surface area (Å²) in [6.07, 6.45) is 0.545. The summed E-state index contributed by atoms with van der Waals surface area (Å²) < 4.78 is 5.10. The van der Waals surface area contributed by atoms with Crippen molar-refractivity contribution < 1.29 is 9.53 Å². The Morgan fingerprint density at radius 2 is 1.88 bits per heavy atom. The van der Waals surface area contributed by atoms with Crippen molar-refractivity contribution in [2.45, 2.75) is 39.3 Å². The van der Waals surface area contributed by atoms with Crippen LogP contribution in [-0.4, -0.2) is 18.4 Å². The van der Waals surface area contributed by atoms with E-state index in [0.717, 1.165) is 12.3 Å². The smallest absolute Gasteiger partial charge is 0.131 e. The Morgan fingerprint density at radius 1 is 1.29 bits per heavy atom. The number of ether oxygens (including phenoxy) is 1. The molecule has 0 unspecified atom stereocenters. The SMILES string of the molecule is COc1ccc(CNC(C)(C)CC(C)=O)cc1. The Balaban J connectivity index is 2.51. The maximum atomic E-state index is 11.1. The molecule has 3 heteroatoms. The molecule has 94 valence electrons. The number of Topliss-reactive ketones (excluding diaryl/α,β-unsaturated/α-hetero) is 1. The second-order valence-corrected chi connectivity index (χ2v) is 4.96. The van der Waals surface area contributed by atoms with Gasteiger partial charge in [0, 0.05) is 18.5 Å². The molecule has 1 N–H and O–H groups in total. The zero-order valence-electron chi connectivity index (χ0n) is 11.0. The lowest BCUT2D eigenvalue weighted by Gasteiger charge is -2.25. The van der Waals surface area contributed by atoms with Crippen LogP contribution in [-0.2, 0) is 11.3 Å². The number of methoxy groups -OCH3 is 1. The lowest BCUT2D eigenvalue weighted by molar-refractivity contribution is -0.118. The van der Waals surface area contributed by atoms with Crippen molar-refractivity contribution in [3.63, 3.8) is 0 Å². The van der Waals surface area contributed by atoms with Crippen LogP contribution in [0.15, 0.2) is 24.3 Å². The summed E-state index contributed by atoms with van der Waals surface area (Å²) in [7, 11) is 1.66. The molecule has 17 heavy (non-hydrogen) atoms. The van der Waals surface area contributed by atoms with Crippen LogP contribution >= 0.6 is 0 Å². The minimum absolute atomic E-state index is 0.161. The molecular formula is C14H21NO2. The molecular weight excluding hydrogens is 214 g/mol. The molecule has 0 aliphatic carbocycles. The largest absolute Gasteiger partial charge is 0.497 e. The fourth-order valence-corrected chi connectivity index (χ4v) is 1.77. The van der Waals surface area contributed by atoms with Gasteiger partial charge in [-0.25, -0.2) is 0 Å². The summed E-state index contributed by atoms with van der Waals surface area (Å²) in [5.74, 6) is 1.06. The lowest BCUT2D eigenvalue weighted by atomic mass is 9.98. The van der Waals surface area contributed by atoms with Gasteiger partial charge in [-0.15, -0.1) is 0 Å². The van der Waals surface area contributed by atoms with Crippen LogP contribution < -0.4 is 10.1 Å². The van der Waals surface area contributed by atoms with Crippen LogP contribution in [0.4, 0.5) is 0 Å².